The molecular formula is C22H18ClN5O3S. The molecule has 0 radical (unpaired) electrons. The van der Waals surface area contributed by atoms with Gasteiger partial charge in [-0.25, -0.2) is 0 Å². The molecule has 0 bridgehead atoms. The average molecular weight is 468 g/mol. The molecular weight excluding hydrogens is 450 g/mol. The second-order valence-electron chi connectivity index (χ2n) is 6.97. The van der Waals surface area contributed by atoms with Crippen LogP contribution in [0.4, 0.5) is 11.4 Å². The highest BCUT2D eigenvalue weighted by Crippen LogP contribution is 2.27. The van der Waals surface area contributed by atoms with Gasteiger partial charge in [-0.3, -0.25) is 19.3 Å². The van der Waals surface area contributed by atoms with Gasteiger partial charge in [-0.05, 0) is 49.5 Å². The van der Waals surface area contributed by atoms with Crippen molar-refractivity contribution in [1.82, 2.24) is 14.8 Å². The van der Waals surface area contributed by atoms with Crippen LogP contribution in [0, 0.1) is 11.7 Å². The first-order valence-electron chi connectivity index (χ1n) is 9.57. The number of hydrogen-bond donors (Lipinski definition) is 3. The van der Waals surface area contributed by atoms with Gasteiger partial charge in [-0.2, -0.15) is 5.10 Å². The lowest BCUT2D eigenvalue weighted by atomic mass is 10.1. The van der Waals surface area contributed by atoms with E-state index >= 15 is 0 Å². The molecule has 10 heteroatoms. The Bertz CT molecular complexity index is 1330. The molecule has 0 aliphatic rings. The van der Waals surface area contributed by atoms with E-state index in [4.69, 9.17) is 28.2 Å². The van der Waals surface area contributed by atoms with Gasteiger partial charge >= 0.3 is 0 Å². The summed E-state index contributed by atoms with van der Waals surface area (Å²) in [5.74, 6) is -0.138. The van der Waals surface area contributed by atoms with Gasteiger partial charge in [0.25, 0.3) is 5.91 Å². The quantitative estimate of drug-likeness (QED) is 0.344. The molecule has 0 aliphatic carbocycles. The van der Waals surface area contributed by atoms with Crippen molar-refractivity contribution >= 4 is 47.0 Å². The van der Waals surface area contributed by atoms with Gasteiger partial charge in [0.2, 0.25) is 5.91 Å². The van der Waals surface area contributed by atoms with Gasteiger partial charge in [0.05, 0.1) is 17.6 Å². The highest BCUT2D eigenvalue weighted by Gasteiger charge is 2.16. The summed E-state index contributed by atoms with van der Waals surface area (Å²) in [7, 11) is 0. The molecule has 0 aliphatic heterocycles. The molecule has 2 aromatic carbocycles. The highest BCUT2D eigenvalue weighted by molar-refractivity contribution is 7.71. The van der Waals surface area contributed by atoms with Crippen molar-refractivity contribution in [2.75, 3.05) is 10.6 Å². The van der Waals surface area contributed by atoms with Crippen molar-refractivity contribution in [3.63, 3.8) is 0 Å². The molecule has 0 fully saturated rings. The number of amides is 2. The molecule has 0 unspecified atom stereocenters. The molecule has 0 atom stereocenters. The minimum atomic E-state index is -0.466. The number of carbonyl (C=O) groups excluding carboxylic acids is 2. The number of nitrogens with one attached hydrogen (secondary N) is 3. The fourth-order valence-electron chi connectivity index (χ4n) is 3.04. The second kappa shape index (κ2) is 9.21. The van der Waals surface area contributed by atoms with Gasteiger partial charge < -0.3 is 15.1 Å². The maximum absolute atomic E-state index is 12.8. The van der Waals surface area contributed by atoms with E-state index in [0.29, 0.717) is 27.0 Å². The zero-order chi connectivity index (χ0) is 22.7. The number of rotatable bonds is 6. The van der Waals surface area contributed by atoms with Crippen LogP contribution in [0.2, 0.25) is 5.02 Å². The number of aromatic nitrogens is 3. The summed E-state index contributed by atoms with van der Waals surface area (Å²) in [5, 5.41) is 12.9. The number of anilines is 2. The maximum Gasteiger partial charge on any atom is 0.291 e. The van der Waals surface area contributed by atoms with Gasteiger partial charge in [-0.15, -0.1) is 0 Å². The summed E-state index contributed by atoms with van der Waals surface area (Å²) in [6.45, 7) is 1.91. The summed E-state index contributed by atoms with van der Waals surface area (Å²) < 4.78 is 7.03. The fraction of sp³-hybridized carbons (Fsp3) is 0.0909. The molecule has 8 nitrogen and oxygen atoms in total. The molecule has 3 N–H and O–H groups in total. The molecule has 4 aromatic rings. The van der Waals surface area contributed by atoms with E-state index in [1.54, 1.807) is 28.8 Å². The molecule has 0 saturated carbocycles. The predicted molar refractivity (Wildman–Crippen MR) is 124 cm³/mol. The molecule has 0 saturated heterocycles. The van der Waals surface area contributed by atoms with Gasteiger partial charge in [0.1, 0.15) is 6.54 Å². The predicted octanol–water partition coefficient (Wildman–Crippen LogP) is 5.05. The third kappa shape index (κ3) is 4.79. The first kappa shape index (κ1) is 21.5. The normalized spacial score (nSPS) is 10.7. The number of aromatic amines is 1. The summed E-state index contributed by atoms with van der Waals surface area (Å²) in [5.41, 5.74) is 2.65. The molecule has 0 spiro atoms. The lowest BCUT2D eigenvalue weighted by Crippen LogP contribution is -2.21. The zero-order valence-corrected chi connectivity index (χ0v) is 18.5. The van der Waals surface area contributed by atoms with Crippen molar-refractivity contribution in [2.24, 2.45) is 0 Å². The topological polar surface area (TPSA) is 105 Å². The van der Waals surface area contributed by atoms with E-state index < -0.39 is 5.91 Å². The van der Waals surface area contributed by atoms with Crippen LogP contribution in [0.5, 0.6) is 0 Å². The van der Waals surface area contributed by atoms with Crippen LogP contribution in [0.25, 0.3) is 11.4 Å². The van der Waals surface area contributed by atoms with Gasteiger partial charge in [0.15, 0.2) is 16.4 Å². The number of hydrogen-bond acceptors (Lipinski definition) is 5. The van der Waals surface area contributed by atoms with E-state index in [9.17, 15) is 9.59 Å². The van der Waals surface area contributed by atoms with Crippen molar-refractivity contribution in [3.05, 3.63) is 82.0 Å². The monoisotopic (exact) mass is 467 g/mol. The van der Waals surface area contributed by atoms with Crippen molar-refractivity contribution in [2.45, 2.75) is 13.5 Å². The van der Waals surface area contributed by atoms with E-state index in [-0.39, 0.29) is 18.2 Å². The van der Waals surface area contributed by atoms with Crippen molar-refractivity contribution in [1.29, 1.82) is 0 Å². The first-order valence-corrected chi connectivity index (χ1v) is 10.4. The van der Waals surface area contributed by atoms with Crippen LogP contribution in [-0.2, 0) is 11.3 Å². The maximum atomic E-state index is 12.8. The van der Waals surface area contributed by atoms with Crippen LogP contribution in [-0.4, -0.2) is 26.6 Å². The molecule has 2 heterocycles. The standard InChI is InChI=1S/C22H18ClN5O3S/c1-13-4-6-14(7-5-13)20-26-27-22(32)28(20)12-19(29)24-16-9-8-15(23)11-17(16)25-21(30)18-3-2-10-31-18/h2-11H,12H2,1H3,(H,24,29)(H,25,30)(H,27,32). The third-order valence-electron chi connectivity index (χ3n) is 4.62. The number of furan rings is 1. The molecule has 4 rings (SSSR count). The van der Waals surface area contributed by atoms with E-state index in [0.717, 1.165) is 11.1 Å². The summed E-state index contributed by atoms with van der Waals surface area (Å²) in [6.07, 6.45) is 1.40. The Morgan fingerprint density at radius 3 is 2.62 bits per heavy atom. The molecule has 32 heavy (non-hydrogen) atoms. The van der Waals surface area contributed by atoms with Gasteiger partial charge in [0, 0.05) is 10.6 Å². The lowest BCUT2D eigenvalue weighted by Gasteiger charge is -2.13. The summed E-state index contributed by atoms with van der Waals surface area (Å²) >= 11 is 11.4. The van der Waals surface area contributed by atoms with Crippen LogP contribution >= 0.6 is 23.8 Å². The Morgan fingerprint density at radius 2 is 1.91 bits per heavy atom. The largest absolute Gasteiger partial charge is 0.459 e. The van der Waals surface area contributed by atoms with Crippen LogP contribution < -0.4 is 10.6 Å². The Balaban J connectivity index is 1.54. The number of halogens is 1. The Morgan fingerprint density at radius 1 is 1.12 bits per heavy atom. The van der Waals surface area contributed by atoms with Crippen LogP contribution in [0.15, 0.2) is 65.3 Å². The van der Waals surface area contributed by atoms with Gasteiger partial charge in [-0.1, -0.05) is 41.4 Å². The van der Waals surface area contributed by atoms with E-state index in [1.165, 1.54) is 12.3 Å². The number of benzene rings is 2. The minimum Gasteiger partial charge on any atom is -0.459 e. The highest BCUT2D eigenvalue weighted by atomic mass is 35.5. The van der Waals surface area contributed by atoms with E-state index in [2.05, 4.69) is 20.8 Å². The SMILES string of the molecule is Cc1ccc(-c2n[nH]c(=S)n2CC(=O)Nc2ccc(Cl)cc2NC(=O)c2ccco2)cc1. The fourth-order valence-corrected chi connectivity index (χ4v) is 3.41. The van der Waals surface area contributed by atoms with Crippen molar-refractivity contribution in [3.8, 4) is 11.4 Å². The lowest BCUT2D eigenvalue weighted by molar-refractivity contribution is -0.116. The number of nitrogens with zero attached hydrogens (tertiary/aromatic N) is 2. The Kier molecular flexibility index (Phi) is 6.20. The van der Waals surface area contributed by atoms with Crippen molar-refractivity contribution < 1.29 is 14.0 Å². The third-order valence-corrected chi connectivity index (χ3v) is 5.17. The van der Waals surface area contributed by atoms with Crippen LogP contribution in [0.3, 0.4) is 0 Å². The zero-order valence-electron chi connectivity index (χ0n) is 16.9. The Hall–Kier alpha value is -3.69. The Labute approximate surface area is 193 Å². The molecule has 2 aromatic heterocycles. The first-order chi connectivity index (χ1) is 15.4. The molecule has 162 valence electrons. The number of carbonyl (C=O) groups is 2. The average Bonchev–Trinajstić information content (AvgIpc) is 3.42. The van der Waals surface area contributed by atoms with E-state index in [1.807, 2.05) is 31.2 Å². The number of H-pyrrole nitrogens is 1. The number of aryl methyl sites for hydroxylation is 1. The smallest absolute Gasteiger partial charge is 0.291 e. The minimum absolute atomic E-state index is 0.0766. The molecule has 2 amide bonds. The second-order valence-corrected chi connectivity index (χ2v) is 7.80. The van der Waals surface area contributed by atoms with Crippen LogP contribution in [0.1, 0.15) is 16.1 Å². The summed E-state index contributed by atoms with van der Waals surface area (Å²) in [4.78, 5) is 25.2. The summed E-state index contributed by atoms with van der Waals surface area (Å²) in [6, 6.07) is 15.6.